The van der Waals surface area contributed by atoms with Gasteiger partial charge in [0.1, 0.15) is 22.9 Å². The van der Waals surface area contributed by atoms with E-state index in [-0.39, 0.29) is 12.4 Å². The molecule has 0 amide bonds. The average molecular weight is 258 g/mol. The zero-order valence-electron chi connectivity index (χ0n) is 10.7. The molecule has 0 aliphatic carbocycles. The Morgan fingerprint density at radius 2 is 1.28 bits per heavy atom. The summed E-state index contributed by atoms with van der Waals surface area (Å²) in [5.74, 6) is 0. The second-order valence-electron chi connectivity index (χ2n) is 4.14. The Balaban J connectivity index is 2.29. The maximum atomic E-state index is 5.98. The average Bonchev–Trinajstić information content (AvgIpc) is 2.46. The maximum absolute atomic E-state index is 5.98. The van der Waals surface area contributed by atoms with Crippen molar-refractivity contribution in [2.24, 2.45) is 0 Å². The maximum Gasteiger partial charge on any atom is 0.149 e. The molecule has 1 unspecified atom stereocenters. The predicted octanol–water partition coefficient (Wildman–Crippen LogP) is 2.44. The highest BCUT2D eigenvalue weighted by molar-refractivity contribution is 5.98. The topological polar surface area (TPSA) is 18.5 Å². The van der Waals surface area contributed by atoms with E-state index in [1.165, 1.54) is 0 Å². The fraction of sp³-hybridized carbons (Fsp3) is 0.200. The van der Waals surface area contributed by atoms with Crippen molar-refractivity contribution in [1.29, 1.82) is 0 Å². The molecule has 94 valence electrons. The van der Waals surface area contributed by atoms with Gasteiger partial charge in [-0.05, 0) is 18.1 Å². The zero-order chi connectivity index (χ0) is 12.8. The lowest BCUT2D eigenvalue weighted by molar-refractivity contribution is -0.0928. The zero-order valence-corrected chi connectivity index (χ0v) is 12.7. The van der Waals surface area contributed by atoms with Crippen molar-refractivity contribution in [3.05, 3.63) is 71.8 Å². The van der Waals surface area contributed by atoms with Crippen LogP contribution in [0.4, 0.5) is 0 Å². The Morgan fingerprint density at radius 3 is 1.67 bits per heavy atom. The molecule has 0 spiro atoms. The van der Waals surface area contributed by atoms with Gasteiger partial charge < -0.3 is 9.16 Å². The minimum Gasteiger partial charge on any atom is -0.404 e. The van der Waals surface area contributed by atoms with Gasteiger partial charge in [-0.2, -0.15) is 0 Å². The summed E-state index contributed by atoms with van der Waals surface area (Å²) in [5, 5.41) is 0. The van der Waals surface area contributed by atoms with Crippen LogP contribution in [0.5, 0.6) is 0 Å². The SMILES string of the molecule is CC(O[SiH3])OC(c1ccccc1)c1ccccc1. The fourth-order valence-corrected chi connectivity index (χ4v) is 1.96. The number of benzene rings is 2. The van der Waals surface area contributed by atoms with Gasteiger partial charge in [0.2, 0.25) is 0 Å². The lowest BCUT2D eigenvalue weighted by Gasteiger charge is -2.22. The van der Waals surface area contributed by atoms with Crippen molar-refractivity contribution in [2.45, 2.75) is 19.3 Å². The van der Waals surface area contributed by atoms with Crippen LogP contribution in [0.25, 0.3) is 0 Å². The number of ether oxygens (including phenoxy) is 1. The summed E-state index contributed by atoms with van der Waals surface area (Å²) in [4.78, 5) is 0. The number of hydrogen-bond acceptors (Lipinski definition) is 2. The van der Waals surface area contributed by atoms with Gasteiger partial charge in [0.25, 0.3) is 0 Å². The number of hydrogen-bond donors (Lipinski definition) is 0. The molecule has 0 aliphatic rings. The number of rotatable bonds is 5. The first-order valence-corrected chi connectivity index (χ1v) is 6.91. The van der Waals surface area contributed by atoms with E-state index in [1.54, 1.807) is 0 Å². The Morgan fingerprint density at radius 1 is 0.833 bits per heavy atom. The largest absolute Gasteiger partial charge is 0.404 e. The van der Waals surface area contributed by atoms with Gasteiger partial charge in [0.05, 0.1) is 0 Å². The third-order valence-electron chi connectivity index (χ3n) is 2.86. The van der Waals surface area contributed by atoms with Gasteiger partial charge >= 0.3 is 0 Å². The molecule has 0 radical (unpaired) electrons. The van der Waals surface area contributed by atoms with E-state index in [1.807, 2.05) is 43.3 Å². The molecule has 0 fully saturated rings. The molecule has 2 nitrogen and oxygen atoms in total. The van der Waals surface area contributed by atoms with Crippen molar-refractivity contribution in [3.63, 3.8) is 0 Å². The van der Waals surface area contributed by atoms with Gasteiger partial charge in [0.15, 0.2) is 0 Å². The predicted molar refractivity (Wildman–Crippen MR) is 76.3 cm³/mol. The Labute approximate surface area is 111 Å². The Hall–Kier alpha value is -1.42. The third kappa shape index (κ3) is 3.29. The van der Waals surface area contributed by atoms with E-state index in [0.29, 0.717) is 10.5 Å². The highest BCUT2D eigenvalue weighted by Gasteiger charge is 2.16. The van der Waals surface area contributed by atoms with Gasteiger partial charge in [-0.1, -0.05) is 60.7 Å². The van der Waals surface area contributed by atoms with Crippen LogP contribution in [0, 0.1) is 0 Å². The Kier molecular flexibility index (Phi) is 4.70. The summed E-state index contributed by atoms with van der Waals surface area (Å²) < 4.78 is 11.3. The van der Waals surface area contributed by atoms with Crippen LogP contribution >= 0.6 is 0 Å². The summed E-state index contributed by atoms with van der Waals surface area (Å²) in [5.41, 5.74) is 2.29. The smallest absolute Gasteiger partial charge is 0.149 e. The standard InChI is InChI=1S/C15H18O2Si/c1-12(17-18)16-15(13-8-4-2-5-9-13)14-10-6-3-7-11-14/h2-12,15H,1,18H3. The fourth-order valence-electron chi connectivity index (χ4n) is 1.85. The highest BCUT2D eigenvalue weighted by atomic mass is 28.2. The van der Waals surface area contributed by atoms with Crippen molar-refractivity contribution in [2.75, 3.05) is 0 Å². The summed E-state index contributed by atoms with van der Waals surface area (Å²) in [6.45, 7) is 1.94. The minimum absolute atomic E-state index is 0.0728. The van der Waals surface area contributed by atoms with Gasteiger partial charge in [-0.25, -0.2) is 0 Å². The van der Waals surface area contributed by atoms with E-state index >= 15 is 0 Å². The van der Waals surface area contributed by atoms with Crippen LogP contribution in [0.3, 0.4) is 0 Å². The lowest BCUT2D eigenvalue weighted by Crippen LogP contribution is -2.16. The Bertz CT molecular complexity index is 419. The molecule has 2 rings (SSSR count). The molecule has 2 aromatic rings. The van der Waals surface area contributed by atoms with Gasteiger partial charge in [-0.15, -0.1) is 0 Å². The molecule has 0 aliphatic heterocycles. The summed E-state index contributed by atoms with van der Waals surface area (Å²) in [6.07, 6.45) is -0.251. The second-order valence-corrected chi connectivity index (χ2v) is 4.61. The van der Waals surface area contributed by atoms with Crippen molar-refractivity contribution in [3.8, 4) is 0 Å². The summed E-state index contributed by atoms with van der Waals surface area (Å²) >= 11 is 0. The van der Waals surface area contributed by atoms with Crippen LogP contribution in [-0.2, 0) is 9.16 Å². The molecule has 0 bridgehead atoms. The molecule has 0 saturated heterocycles. The summed E-state index contributed by atoms with van der Waals surface area (Å²) in [6, 6.07) is 20.5. The van der Waals surface area contributed by atoms with E-state index < -0.39 is 0 Å². The first kappa shape index (κ1) is 13.0. The van der Waals surface area contributed by atoms with Crippen molar-refractivity contribution < 1.29 is 9.16 Å². The molecule has 3 heteroatoms. The first-order valence-electron chi connectivity index (χ1n) is 6.09. The third-order valence-corrected chi connectivity index (χ3v) is 3.53. The molecular formula is C15H18O2Si. The van der Waals surface area contributed by atoms with Crippen LogP contribution in [0.2, 0.25) is 0 Å². The second kappa shape index (κ2) is 6.49. The molecule has 0 N–H and O–H groups in total. The van der Waals surface area contributed by atoms with E-state index in [4.69, 9.17) is 9.16 Å². The van der Waals surface area contributed by atoms with Gasteiger partial charge in [0, 0.05) is 0 Å². The highest BCUT2D eigenvalue weighted by Crippen LogP contribution is 2.27. The van der Waals surface area contributed by atoms with E-state index in [9.17, 15) is 0 Å². The molecule has 0 saturated carbocycles. The minimum atomic E-state index is -0.179. The van der Waals surface area contributed by atoms with Crippen LogP contribution < -0.4 is 0 Å². The van der Waals surface area contributed by atoms with Crippen molar-refractivity contribution in [1.82, 2.24) is 0 Å². The van der Waals surface area contributed by atoms with Gasteiger partial charge in [-0.3, -0.25) is 0 Å². The molecule has 1 atom stereocenters. The van der Waals surface area contributed by atoms with Crippen LogP contribution in [-0.4, -0.2) is 16.8 Å². The lowest BCUT2D eigenvalue weighted by atomic mass is 10.0. The van der Waals surface area contributed by atoms with Crippen molar-refractivity contribution >= 4 is 10.5 Å². The molecule has 0 heterocycles. The van der Waals surface area contributed by atoms with Crippen LogP contribution in [0.15, 0.2) is 60.7 Å². The summed E-state index contributed by atoms with van der Waals surface area (Å²) in [7, 11) is 0.678. The molecule has 2 aromatic carbocycles. The molecule has 0 aromatic heterocycles. The monoisotopic (exact) mass is 258 g/mol. The normalized spacial score (nSPS) is 12.8. The van der Waals surface area contributed by atoms with E-state index in [2.05, 4.69) is 24.3 Å². The quantitative estimate of drug-likeness (QED) is 0.606. The molecular weight excluding hydrogens is 240 g/mol. The van der Waals surface area contributed by atoms with E-state index in [0.717, 1.165) is 11.1 Å². The first-order chi connectivity index (χ1) is 8.81. The molecule has 18 heavy (non-hydrogen) atoms. The van der Waals surface area contributed by atoms with Crippen LogP contribution in [0.1, 0.15) is 24.2 Å².